The largest absolute Gasteiger partial charge is 0.453 e. The van der Waals surface area contributed by atoms with Gasteiger partial charge in [0, 0.05) is 30.2 Å². The van der Waals surface area contributed by atoms with Crippen LogP contribution in [0, 0.1) is 30.6 Å². The molecule has 2 saturated heterocycles. The number of piperidine rings is 2. The Hall–Kier alpha value is -6.12. The highest BCUT2D eigenvalue weighted by atomic mass is 16.5. The number of carbonyl (C=O) groups is 4. The predicted octanol–water partition coefficient (Wildman–Crippen LogP) is 7.36. The number of imidazole rings is 2. The van der Waals surface area contributed by atoms with Gasteiger partial charge in [0.1, 0.15) is 34.8 Å². The molecule has 0 radical (unpaired) electrons. The van der Waals surface area contributed by atoms with Crippen molar-refractivity contribution >= 4 is 34.9 Å². The van der Waals surface area contributed by atoms with Gasteiger partial charge in [-0.3, -0.25) is 9.59 Å². The molecule has 6 atom stereocenters. The molecular formula is C47H57N9O6. The molecule has 9 rings (SSSR count). The smallest absolute Gasteiger partial charge is 0.407 e. The number of hydrogen-bond donors (Lipinski definition) is 5. The lowest BCUT2D eigenvalue weighted by Gasteiger charge is -2.40. The first kappa shape index (κ1) is 41.2. The molecule has 2 aliphatic heterocycles. The summed E-state index contributed by atoms with van der Waals surface area (Å²) in [5.74, 6) is 1.87. The number of hydrogen-bond acceptors (Lipinski definition) is 8. The second-order valence-corrected chi connectivity index (χ2v) is 18.6. The maximum absolute atomic E-state index is 14.1. The van der Waals surface area contributed by atoms with Gasteiger partial charge >= 0.3 is 12.2 Å². The van der Waals surface area contributed by atoms with Gasteiger partial charge in [-0.1, -0.05) is 64.1 Å². The minimum absolute atomic E-state index is 0.106. The fourth-order valence-corrected chi connectivity index (χ4v) is 11.0. The summed E-state index contributed by atoms with van der Waals surface area (Å²) < 4.78 is 9.69. The van der Waals surface area contributed by atoms with E-state index in [1.807, 2.05) is 56.1 Å². The Bertz CT molecular complexity index is 2540. The van der Waals surface area contributed by atoms with Crippen molar-refractivity contribution in [1.29, 1.82) is 0 Å². The molecular weight excluding hydrogens is 787 g/mol. The fraction of sp³-hybridized carbons (Fsp3) is 0.489. The van der Waals surface area contributed by atoms with E-state index in [9.17, 15) is 19.2 Å². The first-order valence-corrected chi connectivity index (χ1v) is 21.9. The van der Waals surface area contributed by atoms with Crippen molar-refractivity contribution in [3.8, 4) is 33.6 Å². The van der Waals surface area contributed by atoms with Crippen molar-refractivity contribution in [3.63, 3.8) is 0 Å². The number of benzene rings is 2. The Morgan fingerprint density at radius 2 is 1.19 bits per heavy atom. The van der Waals surface area contributed by atoms with E-state index in [1.54, 1.807) is 0 Å². The van der Waals surface area contributed by atoms with Crippen molar-refractivity contribution < 1.29 is 28.7 Å². The van der Waals surface area contributed by atoms with E-state index in [1.165, 1.54) is 14.2 Å². The molecule has 4 fully saturated rings. The Morgan fingerprint density at radius 3 is 1.69 bits per heavy atom. The molecule has 3 aromatic heterocycles. The average molecular weight is 844 g/mol. The third-order valence-corrected chi connectivity index (χ3v) is 14.3. The number of ether oxygens (including phenoxy) is 2. The second kappa shape index (κ2) is 15.7. The van der Waals surface area contributed by atoms with Crippen LogP contribution in [0.4, 0.5) is 9.59 Å². The second-order valence-electron chi connectivity index (χ2n) is 18.6. The summed E-state index contributed by atoms with van der Waals surface area (Å²) >= 11 is 0. The van der Waals surface area contributed by atoms with Gasteiger partial charge in [-0.15, -0.1) is 0 Å². The normalized spacial score (nSPS) is 23.7. The van der Waals surface area contributed by atoms with Crippen LogP contribution in [-0.4, -0.2) is 98.1 Å². The number of aromatic amines is 3. The van der Waals surface area contributed by atoms with E-state index in [-0.39, 0.29) is 23.7 Å². The summed E-state index contributed by atoms with van der Waals surface area (Å²) in [5, 5.41) is 6.65. The fourth-order valence-electron chi connectivity index (χ4n) is 11.0. The van der Waals surface area contributed by atoms with Gasteiger partial charge in [0.05, 0.1) is 43.5 Å². The first-order chi connectivity index (χ1) is 29.8. The zero-order valence-electron chi connectivity index (χ0n) is 36.6. The van der Waals surface area contributed by atoms with E-state index in [0.29, 0.717) is 24.9 Å². The summed E-state index contributed by atoms with van der Waals surface area (Å²) in [6, 6.07) is 11.3. The van der Waals surface area contributed by atoms with E-state index in [4.69, 9.17) is 19.4 Å². The molecule has 4 bridgehead atoms. The summed E-state index contributed by atoms with van der Waals surface area (Å²) in [6.45, 7) is 11.1. The number of methoxy groups -OCH3 is 2. The molecule has 2 aromatic carbocycles. The predicted molar refractivity (Wildman–Crippen MR) is 233 cm³/mol. The number of alkyl carbamates (subject to hydrolysis) is 2. The lowest BCUT2D eigenvalue weighted by molar-refractivity contribution is -0.141. The maximum atomic E-state index is 14.1. The zero-order valence-corrected chi connectivity index (χ0v) is 36.6. The Morgan fingerprint density at radius 1 is 0.710 bits per heavy atom. The molecule has 326 valence electrons. The van der Waals surface area contributed by atoms with Crippen LogP contribution in [0.5, 0.6) is 0 Å². The number of fused-ring (bicyclic) bond motifs is 5. The first-order valence-electron chi connectivity index (χ1n) is 21.9. The number of H-pyrrole nitrogens is 3. The topological polar surface area (TPSA) is 190 Å². The molecule has 5 N–H and O–H groups in total. The molecule has 2 aliphatic carbocycles. The molecule has 4 aliphatic rings. The van der Waals surface area contributed by atoms with Crippen LogP contribution >= 0.6 is 0 Å². The standard InChI is InChI=1S/C47H57N9O6/c1-25(2)37(53-44(59)61-6)40(57)55-23-28-14-16-46(55,18-28)42-49-21-34(51-42)31-10-8-30(9-11-31)32-12-13-33(39-36(32)27(5)20-48-39)35-22-50-43(52-35)47-17-15-29(19-47)24-56(47)41(58)38(26(3)4)54-45(60)62-7/h8-13,20-22,25-26,28-29,37-38,48H,14-19,23-24H2,1-7H3,(H,49,51)(H,50,52)(H,53,59)(H,54,60)/t28-,29-,37-,38-,46?,47+/m0/s1. The minimum atomic E-state index is -0.704. The van der Waals surface area contributed by atoms with Gasteiger partial charge in [0.15, 0.2) is 0 Å². The molecule has 5 heterocycles. The van der Waals surface area contributed by atoms with Gasteiger partial charge < -0.3 is 44.9 Å². The summed E-state index contributed by atoms with van der Waals surface area (Å²) in [5.41, 5.74) is 6.87. The van der Waals surface area contributed by atoms with Crippen molar-refractivity contribution in [2.45, 2.75) is 96.3 Å². The van der Waals surface area contributed by atoms with Gasteiger partial charge in [0.2, 0.25) is 11.8 Å². The van der Waals surface area contributed by atoms with E-state index < -0.39 is 35.3 Å². The third kappa shape index (κ3) is 6.71. The lowest BCUT2D eigenvalue weighted by Crippen LogP contribution is -2.56. The summed E-state index contributed by atoms with van der Waals surface area (Å²) in [6.07, 6.45) is 9.86. The summed E-state index contributed by atoms with van der Waals surface area (Å²) in [7, 11) is 2.61. The highest BCUT2D eigenvalue weighted by Gasteiger charge is 2.58. The van der Waals surface area contributed by atoms with Crippen LogP contribution in [0.2, 0.25) is 0 Å². The number of nitrogens with one attached hydrogen (secondary N) is 5. The van der Waals surface area contributed by atoms with E-state index in [0.717, 1.165) is 100 Å². The number of amides is 4. The number of carbonyl (C=O) groups excluding carboxylic acids is 4. The number of nitrogens with zero attached hydrogens (tertiary/aromatic N) is 4. The zero-order chi connectivity index (χ0) is 43.7. The van der Waals surface area contributed by atoms with Crippen LogP contribution < -0.4 is 10.6 Å². The van der Waals surface area contributed by atoms with E-state index in [2.05, 4.69) is 68.9 Å². The molecule has 4 amide bonds. The molecule has 62 heavy (non-hydrogen) atoms. The summed E-state index contributed by atoms with van der Waals surface area (Å²) in [4.78, 5) is 77.0. The van der Waals surface area contributed by atoms with Gasteiger partial charge in [-0.2, -0.15) is 0 Å². The molecule has 2 saturated carbocycles. The SMILES string of the molecule is COC(=O)N[C@H](C(=O)N1C[C@H]2CCC1(c1ncc(-c3ccc(-c4ccc(-c5cnc([C@]67CC[C@H](CN6C(=O)[C@@H](NC(=O)OC)C(C)C)C7)[nH]5)c5[nH]cc(C)c45)cc3)[nH]1)C2)C(C)C. The average Bonchev–Trinajstić information content (AvgIpc) is 4.14. The molecule has 1 unspecified atom stereocenters. The van der Waals surface area contributed by atoms with Gasteiger partial charge in [0.25, 0.3) is 0 Å². The third-order valence-electron chi connectivity index (χ3n) is 14.3. The quantitative estimate of drug-likeness (QED) is 0.0911. The monoisotopic (exact) mass is 843 g/mol. The van der Waals surface area contributed by atoms with Crippen molar-refractivity contribution in [2.24, 2.45) is 23.7 Å². The molecule has 0 spiro atoms. The van der Waals surface area contributed by atoms with Crippen LogP contribution in [-0.2, 0) is 30.1 Å². The van der Waals surface area contributed by atoms with Crippen molar-refractivity contribution in [2.75, 3.05) is 27.3 Å². The Kier molecular flexibility index (Phi) is 10.4. The number of likely N-dealkylation sites (tertiary alicyclic amines) is 2. The highest BCUT2D eigenvalue weighted by molar-refractivity contribution is 6.04. The molecule has 15 nitrogen and oxygen atoms in total. The molecule has 15 heteroatoms. The van der Waals surface area contributed by atoms with Gasteiger partial charge in [-0.25, -0.2) is 19.6 Å². The van der Waals surface area contributed by atoms with Crippen LogP contribution in [0.3, 0.4) is 0 Å². The highest BCUT2D eigenvalue weighted by Crippen LogP contribution is 2.54. The number of aromatic nitrogens is 5. The van der Waals surface area contributed by atoms with Crippen LogP contribution in [0.15, 0.2) is 55.0 Å². The van der Waals surface area contributed by atoms with Crippen LogP contribution in [0.25, 0.3) is 44.5 Å². The van der Waals surface area contributed by atoms with Crippen molar-refractivity contribution in [1.82, 2.24) is 45.4 Å². The Balaban J connectivity index is 0.967. The maximum Gasteiger partial charge on any atom is 0.407 e. The number of aryl methyl sites for hydroxylation is 1. The Labute approximate surface area is 361 Å². The minimum Gasteiger partial charge on any atom is -0.453 e. The van der Waals surface area contributed by atoms with Gasteiger partial charge in [-0.05, 0) is 91.4 Å². The van der Waals surface area contributed by atoms with Crippen LogP contribution in [0.1, 0.15) is 83.4 Å². The van der Waals surface area contributed by atoms with Crippen molar-refractivity contribution in [3.05, 3.63) is 72.2 Å². The van der Waals surface area contributed by atoms with E-state index >= 15 is 0 Å². The molecule has 5 aromatic rings. The lowest BCUT2D eigenvalue weighted by atomic mass is 9.93. The number of rotatable bonds is 11.